The van der Waals surface area contributed by atoms with Crippen LogP contribution in [-0.4, -0.2) is 17.8 Å². The molecule has 2 nitrogen and oxygen atoms in total. The van der Waals surface area contributed by atoms with Crippen LogP contribution in [0.1, 0.15) is 25.1 Å². The second kappa shape index (κ2) is 6.17. The van der Waals surface area contributed by atoms with E-state index in [1.165, 1.54) is 4.88 Å². The Balaban J connectivity index is 2.27. The number of aliphatic hydroxyl groups excluding tert-OH is 1. The summed E-state index contributed by atoms with van der Waals surface area (Å²) in [7, 11) is 0. The first-order valence-corrected chi connectivity index (χ1v) is 5.97. The van der Waals surface area contributed by atoms with Crippen molar-refractivity contribution >= 4 is 11.3 Å². The summed E-state index contributed by atoms with van der Waals surface area (Å²) in [5.41, 5.74) is 0. The molecule has 0 fully saturated rings. The SMILES string of the molecule is CC(C)C[C@@H](CO)NCc1cccs1. The predicted molar refractivity (Wildman–Crippen MR) is 61.5 cm³/mol. The molecule has 0 spiro atoms. The summed E-state index contributed by atoms with van der Waals surface area (Å²) in [4.78, 5) is 1.33. The minimum atomic E-state index is 0.226. The third-order valence-electron chi connectivity index (χ3n) is 2.12. The minimum absolute atomic E-state index is 0.226. The molecule has 0 aromatic carbocycles. The van der Waals surface area contributed by atoms with Crippen LogP contribution in [0.2, 0.25) is 0 Å². The lowest BCUT2D eigenvalue weighted by Gasteiger charge is -2.17. The molecule has 0 unspecified atom stereocenters. The van der Waals surface area contributed by atoms with Crippen LogP contribution in [0.4, 0.5) is 0 Å². The molecule has 0 saturated carbocycles. The summed E-state index contributed by atoms with van der Waals surface area (Å²) in [5, 5.41) is 14.6. The fraction of sp³-hybridized carbons (Fsp3) is 0.636. The second-order valence-electron chi connectivity index (χ2n) is 3.97. The number of aliphatic hydroxyl groups is 1. The average molecular weight is 213 g/mol. The Hall–Kier alpha value is -0.380. The molecule has 1 aromatic rings. The molecule has 1 aromatic heterocycles. The maximum absolute atomic E-state index is 9.14. The summed E-state index contributed by atoms with van der Waals surface area (Å²) in [5.74, 6) is 0.628. The lowest BCUT2D eigenvalue weighted by atomic mass is 10.0. The molecule has 0 bridgehead atoms. The molecule has 0 radical (unpaired) electrons. The van der Waals surface area contributed by atoms with Crippen molar-refractivity contribution in [3.63, 3.8) is 0 Å². The first kappa shape index (κ1) is 11.7. The first-order valence-electron chi connectivity index (χ1n) is 5.09. The van der Waals surface area contributed by atoms with Gasteiger partial charge >= 0.3 is 0 Å². The summed E-state index contributed by atoms with van der Waals surface area (Å²) in [6.45, 7) is 5.45. The van der Waals surface area contributed by atoms with Crippen LogP contribution in [0.5, 0.6) is 0 Å². The molecule has 0 saturated heterocycles. The van der Waals surface area contributed by atoms with E-state index in [0.717, 1.165) is 13.0 Å². The van der Waals surface area contributed by atoms with E-state index in [4.69, 9.17) is 5.11 Å². The van der Waals surface area contributed by atoms with Gasteiger partial charge in [-0.25, -0.2) is 0 Å². The maximum atomic E-state index is 9.14. The summed E-state index contributed by atoms with van der Waals surface area (Å²) < 4.78 is 0. The van der Waals surface area contributed by atoms with Gasteiger partial charge in [0.15, 0.2) is 0 Å². The van der Waals surface area contributed by atoms with Gasteiger partial charge in [0.2, 0.25) is 0 Å². The molecule has 0 aliphatic heterocycles. The zero-order valence-corrected chi connectivity index (χ0v) is 9.68. The van der Waals surface area contributed by atoms with E-state index < -0.39 is 0 Å². The van der Waals surface area contributed by atoms with E-state index in [1.807, 2.05) is 0 Å². The van der Waals surface area contributed by atoms with Gasteiger partial charge in [0.05, 0.1) is 6.61 Å². The lowest BCUT2D eigenvalue weighted by molar-refractivity contribution is 0.224. The van der Waals surface area contributed by atoms with Crippen molar-refractivity contribution in [2.45, 2.75) is 32.9 Å². The molecular formula is C11H19NOS. The fourth-order valence-electron chi connectivity index (χ4n) is 1.45. The average Bonchev–Trinajstić information content (AvgIpc) is 2.64. The van der Waals surface area contributed by atoms with Crippen molar-refractivity contribution in [2.75, 3.05) is 6.61 Å². The highest BCUT2D eigenvalue weighted by Crippen LogP contribution is 2.09. The van der Waals surface area contributed by atoms with Crippen molar-refractivity contribution in [1.29, 1.82) is 0 Å². The largest absolute Gasteiger partial charge is 0.395 e. The van der Waals surface area contributed by atoms with Gasteiger partial charge in [-0.15, -0.1) is 11.3 Å². The number of hydrogen-bond donors (Lipinski definition) is 2. The topological polar surface area (TPSA) is 32.3 Å². The Labute approximate surface area is 90.0 Å². The quantitative estimate of drug-likeness (QED) is 0.759. The van der Waals surface area contributed by atoms with Crippen LogP contribution in [0.25, 0.3) is 0 Å². The van der Waals surface area contributed by atoms with Crippen molar-refractivity contribution in [3.05, 3.63) is 22.4 Å². The first-order chi connectivity index (χ1) is 6.72. The monoisotopic (exact) mass is 213 g/mol. The highest BCUT2D eigenvalue weighted by molar-refractivity contribution is 7.09. The van der Waals surface area contributed by atoms with E-state index >= 15 is 0 Å². The van der Waals surface area contributed by atoms with E-state index in [0.29, 0.717) is 5.92 Å². The van der Waals surface area contributed by atoms with E-state index in [1.54, 1.807) is 11.3 Å². The smallest absolute Gasteiger partial charge is 0.0584 e. The molecule has 1 atom stereocenters. The third kappa shape index (κ3) is 4.22. The Morgan fingerprint density at radius 1 is 1.50 bits per heavy atom. The van der Waals surface area contributed by atoms with Crippen LogP contribution in [0, 0.1) is 5.92 Å². The Morgan fingerprint density at radius 3 is 2.79 bits per heavy atom. The van der Waals surface area contributed by atoms with Gasteiger partial charge < -0.3 is 10.4 Å². The van der Waals surface area contributed by atoms with E-state index in [2.05, 4.69) is 36.7 Å². The Bertz CT molecular complexity index is 233. The third-order valence-corrected chi connectivity index (χ3v) is 3.00. The maximum Gasteiger partial charge on any atom is 0.0584 e. The van der Waals surface area contributed by atoms with Gasteiger partial charge in [-0.1, -0.05) is 19.9 Å². The molecule has 80 valence electrons. The highest BCUT2D eigenvalue weighted by Gasteiger charge is 2.08. The predicted octanol–water partition coefficient (Wildman–Crippen LogP) is 2.24. The highest BCUT2D eigenvalue weighted by atomic mass is 32.1. The molecule has 1 rings (SSSR count). The molecular weight excluding hydrogens is 194 g/mol. The Morgan fingerprint density at radius 2 is 2.29 bits per heavy atom. The van der Waals surface area contributed by atoms with Gasteiger partial charge in [-0.05, 0) is 23.8 Å². The molecule has 2 N–H and O–H groups in total. The molecule has 0 aliphatic rings. The van der Waals surface area contributed by atoms with Crippen molar-refractivity contribution in [3.8, 4) is 0 Å². The zero-order chi connectivity index (χ0) is 10.4. The minimum Gasteiger partial charge on any atom is -0.395 e. The van der Waals surface area contributed by atoms with Gasteiger partial charge in [-0.3, -0.25) is 0 Å². The molecule has 0 amide bonds. The van der Waals surface area contributed by atoms with Crippen LogP contribution >= 0.6 is 11.3 Å². The number of thiophene rings is 1. The van der Waals surface area contributed by atoms with Crippen molar-refractivity contribution in [1.82, 2.24) is 5.32 Å². The molecule has 0 aliphatic carbocycles. The summed E-state index contributed by atoms with van der Waals surface area (Å²) >= 11 is 1.75. The van der Waals surface area contributed by atoms with Gasteiger partial charge in [0.25, 0.3) is 0 Å². The van der Waals surface area contributed by atoms with Crippen LogP contribution < -0.4 is 5.32 Å². The number of rotatable bonds is 6. The van der Waals surface area contributed by atoms with Crippen molar-refractivity contribution < 1.29 is 5.11 Å². The van der Waals surface area contributed by atoms with Crippen LogP contribution in [0.15, 0.2) is 17.5 Å². The van der Waals surface area contributed by atoms with Crippen LogP contribution in [-0.2, 0) is 6.54 Å². The molecule has 14 heavy (non-hydrogen) atoms. The molecule has 3 heteroatoms. The van der Waals surface area contributed by atoms with Gasteiger partial charge in [0, 0.05) is 17.5 Å². The Kier molecular flexibility index (Phi) is 5.15. The molecule has 1 heterocycles. The van der Waals surface area contributed by atoms with E-state index in [-0.39, 0.29) is 12.6 Å². The summed E-state index contributed by atoms with van der Waals surface area (Å²) in [6.07, 6.45) is 1.03. The number of nitrogens with one attached hydrogen (secondary N) is 1. The zero-order valence-electron chi connectivity index (χ0n) is 8.86. The normalized spacial score (nSPS) is 13.4. The van der Waals surface area contributed by atoms with Crippen molar-refractivity contribution in [2.24, 2.45) is 5.92 Å². The van der Waals surface area contributed by atoms with Gasteiger partial charge in [-0.2, -0.15) is 0 Å². The van der Waals surface area contributed by atoms with Crippen LogP contribution in [0.3, 0.4) is 0 Å². The fourth-order valence-corrected chi connectivity index (χ4v) is 2.11. The van der Waals surface area contributed by atoms with Gasteiger partial charge in [0.1, 0.15) is 0 Å². The summed E-state index contributed by atoms with van der Waals surface area (Å²) in [6, 6.07) is 4.40. The lowest BCUT2D eigenvalue weighted by Crippen LogP contribution is -2.32. The standard InChI is InChI=1S/C11H19NOS/c1-9(2)6-10(8-13)12-7-11-4-3-5-14-11/h3-5,9-10,12-13H,6-8H2,1-2H3/t10-/m0/s1. The number of hydrogen-bond acceptors (Lipinski definition) is 3. The second-order valence-corrected chi connectivity index (χ2v) is 5.00. The van der Waals surface area contributed by atoms with E-state index in [9.17, 15) is 0 Å².